The third-order valence-corrected chi connectivity index (χ3v) is 10.2. The number of hydrogen-bond acceptors (Lipinski definition) is 9. The lowest BCUT2D eigenvalue weighted by Gasteiger charge is -2.53. The molecule has 1 spiro atoms. The van der Waals surface area contributed by atoms with Crippen LogP contribution in [0, 0.1) is 12.3 Å². The van der Waals surface area contributed by atoms with Crippen LogP contribution in [0.2, 0.25) is 0 Å². The van der Waals surface area contributed by atoms with Crippen molar-refractivity contribution in [1.29, 1.82) is 0 Å². The van der Waals surface area contributed by atoms with Crippen molar-refractivity contribution in [1.82, 2.24) is 14.9 Å². The Balaban J connectivity index is 1.23. The van der Waals surface area contributed by atoms with Crippen molar-refractivity contribution >= 4 is 60.5 Å². The number of rotatable bonds is 7. The first-order chi connectivity index (χ1) is 19.5. The van der Waals surface area contributed by atoms with E-state index in [1.54, 1.807) is 13.3 Å². The first-order valence-corrected chi connectivity index (χ1v) is 16.5. The summed E-state index contributed by atoms with van der Waals surface area (Å²) in [5, 5.41) is 6.66. The zero-order chi connectivity index (χ0) is 28.9. The number of nitrogens with one attached hydrogen (secondary N) is 2. The molecule has 2 saturated heterocycles. The van der Waals surface area contributed by atoms with Gasteiger partial charge in [0, 0.05) is 50.7 Å². The number of aromatic nitrogens is 2. The minimum Gasteiger partial charge on any atom is -0.494 e. The Bertz CT molecular complexity index is 1580. The van der Waals surface area contributed by atoms with Gasteiger partial charge in [-0.3, -0.25) is 4.31 Å². The summed E-state index contributed by atoms with van der Waals surface area (Å²) in [5.74, 6) is 1.63. The number of sulfonamides is 1. The van der Waals surface area contributed by atoms with E-state index in [2.05, 4.69) is 67.5 Å². The van der Waals surface area contributed by atoms with Gasteiger partial charge in [-0.1, -0.05) is 12.1 Å². The van der Waals surface area contributed by atoms with Gasteiger partial charge >= 0.3 is 0 Å². The van der Waals surface area contributed by atoms with E-state index in [4.69, 9.17) is 9.72 Å². The molecule has 3 aliphatic rings. The maximum atomic E-state index is 12.4. The fourth-order valence-corrected chi connectivity index (χ4v) is 7.80. The van der Waals surface area contributed by atoms with Crippen LogP contribution in [0.4, 0.5) is 34.5 Å². The number of fused-ring (bicyclic) bond motifs is 1. The Morgan fingerprint density at radius 2 is 1.83 bits per heavy atom. The maximum absolute atomic E-state index is 12.4. The van der Waals surface area contributed by atoms with E-state index in [1.807, 2.05) is 18.2 Å². The van der Waals surface area contributed by atoms with Gasteiger partial charge in [0.15, 0.2) is 0 Å². The van der Waals surface area contributed by atoms with Crippen LogP contribution in [0.15, 0.2) is 41.0 Å². The molecule has 2 fully saturated rings. The topological polar surface area (TPSA) is 103 Å². The van der Waals surface area contributed by atoms with Gasteiger partial charge in [0.05, 0.1) is 34.9 Å². The van der Waals surface area contributed by atoms with Gasteiger partial charge in [-0.25, -0.2) is 13.4 Å². The minimum absolute atomic E-state index is 0.391. The zero-order valence-electron chi connectivity index (χ0n) is 23.9. The summed E-state index contributed by atoms with van der Waals surface area (Å²) in [6, 6.07) is 9.93. The van der Waals surface area contributed by atoms with Crippen LogP contribution in [0.3, 0.4) is 0 Å². The quantitative estimate of drug-likeness (QED) is 0.373. The molecule has 6 rings (SSSR count). The summed E-state index contributed by atoms with van der Waals surface area (Å²) in [7, 11) is 0.473. The molecule has 218 valence electrons. The number of ether oxygens (including phenoxy) is 1. The van der Waals surface area contributed by atoms with Crippen LogP contribution in [0.1, 0.15) is 24.0 Å². The van der Waals surface area contributed by atoms with E-state index in [0.717, 1.165) is 35.7 Å². The molecule has 0 amide bonds. The highest BCUT2D eigenvalue weighted by Gasteiger charge is 2.43. The molecule has 3 aromatic rings. The highest BCUT2D eigenvalue weighted by molar-refractivity contribution is 9.10. The number of methoxy groups -OCH3 is 1. The molecule has 0 bridgehead atoms. The van der Waals surface area contributed by atoms with Gasteiger partial charge in [-0.2, -0.15) is 4.98 Å². The zero-order valence-corrected chi connectivity index (χ0v) is 26.3. The Kier molecular flexibility index (Phi) is 7.27. The molecular weight excluding hydrogens is 606 g/mol. The first kappa shape index (κ1) is 28.0. The highest BCUT2D eigenvalue weighted by Crippen LogP contribution is 2.43. The molecule has 0 aliphatic carbocycles. The van der Waals surface area contributed by atoms with Crippen molar-refractivity contribution in [3.8, 4) is 5.75 Å². The lowest BCUT2D eigenvalue weighted by Crippen LogP contribution is -2.58. The Labute approximate surface area is 250 Å². The predicted molar refractivity (Wildman–Crippen MR) is 168 cm³/mol. The summed E-state index contributed by atoms with van der Waals surface area (Å²) < 4.78 is 32.8. The molecule has 2 aromatic carbocycles. The van der Waals surface area contributed by atoms with Crippen LogP contribution < -0.4 is 24.6 Å². The van der Waals surface area contributed by atoms with E-state index >= 15 is 0 Å². The number of nitrogens with zero attached hydrogens (tertiary/aromatic N) is 5. The van der Waals surface area contributed by atoms with E-state index in [0.29, 0.717) is 46.0 Å². The molecular formula is C29H36BrN7O3S. The van der Waals surface area contributed by atoms with Crippen LogP contribution in [-0.4, -0.2) is 76.4 Å². The van der Waals surface area contributed by atoms with Crippen LogP contribution >= 0.6 is 15.9 Å². The van der Waals surface area contributed by atoms with Gasteiger partial charge in [0.2, 0.25) is 16.0 Å². The number of aryl methyl sites for hydroxylation is 1. The number of benzene rings is 2. The van der Waals surface area contributed by atoms with Gasteiger partial charge < -0.3 is 25.2 Å². The fraction of sp³-hybridized carbons (Fsp3) is 0.448. The van der Waals surface area contributed by atoms with Crippen molar-refractivity contribution in [2.24, 2.45) is 5.41 Å². The predicted octanol–water partition coefficient (Wildman–Crippen LogP) is 4.90. The second-order valence-corrected chi connectivity index (χ2v) is 14.3. The van der Waals surface area contributed by atoms with E-state index < -0.39 is 10.0 Å². The Morgan fingerprint density at radius 1 is 1.07 bits per heavy atom. The standard InChI is InChI=1S/C29H36BrN7O3S/c1-19-14-23(25(40-3)15-24(19)36-12-9-29(10-13-36)17-35(2)18-29)33-28-31-16-21(30)27(34-28)32-22-7-5-6-20-8-11-37(26(20)22)41(4,38)39/h5-7,14-16H,8-13,17-18H2,1-4H3,(H2,31,32,33,34). The van der Waals surface area contributed by atoms with Gasteiger partial charge in [-0.15, -0.1) is 0 Å². The SMILES string of the molecule is COc1cc(N2CCC3(CC2)CN(C)C3)c(C)cc1Nc1ncc(Br)c(Nc2cccc3c2N(S(C)(=O)=O)CC3)n1. The van der Waals surface area contributed by atoms with Crippen molar-refractivity contribution in [3.05, 3.63) is 52.1 Å². The molecule has 3 aliphatic heterocycles. The number of hydrogen-bond donors (Lipinski definition) is 2. The summed E-state index contributed by atoms with van der Waals surface area (Å²) in [6.07, 6.45) is 6.00. The number of halogens is 1. The number of para-hydroxylation sites is 1. The highest BCUT2D eigenvalue weighted by atomic mass is 79.9. The Hall–Kier alpha value is -3.09. The third-order valence-electron chi connectivity index (χ3n) is 8.49. The molecule has 10 nitrogen and oxygen atoms in total. The molecule has 0 unspecified atom stereocenters. The van der Waals surface area contributed by atoms with Crippen molar-refractivity contribution in [3.63, 3.8) is 0 Å². The maximum Gasteiger partial charge on any atom is 0.232 e. The summed E-state index contributed by atoms with van der Waals surface area (Å²) in [6.45, 7) is 7.07. The molecule has 12 heteroatoms. The second kappa shape index (κ2) is 10.6. The van der Waals surface area contributed by atoms with Crippen molar-refractivity contribution in [2.75, 3.05) is 73.0 Å². The molecule has 0 atom stereocenters. The molecule has 41 heavy (non-hydrogen) atoms. The monoisotopic (exact) mass is 641 g/mol. The molecule has 2 N–H and O–H groups in total. The van der Waals surface area contributed by atoms with Crippen molar-refractivity contribution < 1.29 is 13.2 Å². The van der Waals surface area contributed by atoms with Gasteiger partial charge in [0.1, 0.15) is 11.6 Å². The fourth-order valence-electron chi connectivity index (χ4n) is 6.54. The average Bonchev–Trinajstić information content (AvgIpc) is 3.37. The summed E-state index contributed by atoms with van der Waals surface area (Å²) in [5.41, 5.74) is 5.95. The van der Waals surface area contributed by atoms with E-state index in [9.17, 15) is 8.42 Å². The molecule has 1 aromatic heterocycles. The largest absolute Gasteiger partial charge is 0.494 e. The van der Waals surface area contributed by atoms with Crippen LogP contribution in [0.5, 0.6) is 5.75 Å². The lowest BCUT2D eigenvalue weighted by atomic mass is 9.72. The molecule has 0 saturated carbocycles. The smallest absolute Gasteiger partial charge is 0.232 e. The molecule has 0 radical (unpaired) electrons. The molecule has 4 heterocycles. The van der Waals surface area contributed by atoms with Crippen molar-refractivity contribution in [2.45, 2.75) is 26.2 Å². The summed E-state index contributed by atoms with van der Waals surface area (Å²) in [4.78, 5) is 14.1. The van der Waals surface area contributed by atoms with Gasteiger partial charge in [-0.05, 0) is 77.8 Å². The summed E-state index contributed by atoms with van der Waals surface area (Å²) >= 11 is 3.54. The van der Waals surface area contributed by atoms with Gasteiger partial charge in [0.25, 0.3) is 0 Å². The number of piperidine rings is 1. The first-order valence-electron chi connectivity index (χ1n) is 13.8. The van der Waals surface area contributed by atoms with E-state index in [-0.39, 0.29) is 0 Å². The third kappa shape index (κ3) is 5.44. The lowest BCUT2D eigenvalue weighted by molar-refractivity contribution is 0.00130. The minimum atomic E-state index is -3.40. The van der Waals surface area contributed by atoms with Crippen LogP contribution in [-0.2, 0) is 16.4 Å². The average molecular weight is 643 g/mol. The van der Waals surface area contributed by atoms with E-state index in [1.165, 1.54) is 42.2 Å². The number of anilines is 6. The van der Waals surface area contributed by atoms with Crippen LogP contribution in [0.25, 0.3) is 0 Å². The second-order valence-electron chi connectivity index (χ2n) is 11.5. The Morgan fingerprint density at radius 3 is 2.51 bits per heavy atom. The normalized spacial score (nSPS) is 18.3. The number of likely N-dealkylation sites (tertiary alicyclic amines) is 1.